The number of fused-ring (bicyclic) bond motifs is 1. The number of carbonyl (C=O) groups excluding carboxylic acids is 1. The molecule has 2 nitrogen and oxygen atoms in total. The van der Waals surface area contributed by atoms with Gasteiger partial charge in [-0.3, -0.25) is 4.79 Å². The van der Waals surface area contributed by atoms with E-state index in [1.165, 1.54) is 5.75 Å². The summed E-state index contributed by atoms with van der Waals surface area (Å²) in [5.74, 6) is 2.47. The van der Waals surface area contributed by atoms with Crippen LogP contribution in [0, 0.1) is 0 Å². The monoisotopic (exact) mass is 129 g/mol. The van der Waals surface area contributed by atoms with Crippen LogP contribution in [0.5, 0.6) is 0 Å². The lowest BCUT2D eigenvalue weighted by atomic mass is 10.1. The van der Waals surface area contributed by atoms with E-state index in [0.717, 1.165) is 12.3 Å². The summed E-state index contributed by atoms with van der Waals surface area (Å²) in [5, 5.41) is 0. The fourth-order valence-electron chi connectivity index (χ4n) is 1.13. The molecule has 3 heteroatoms. The molecular formula is C5H7NOS. The Morgan fingerprint density at radius 3 is 3.12 bits per heavy atom. The molecule has 1 atom stereocenters. The summed E-state index contributed by atoms with van der Waals surface area (Å²) in [5.41, 5.74) is 0. The van der Waals surface area contributed by atoms with Crippen molar-refractivity contribution in [3.63, 3.8) is 0 Å². The van der Waals surface area contributed by atoms with Gasteiger partial charge < -0.3 is 4.90 Å². The van der Waals surface area contributed by atoms with Crippen molar-refractivity contribution in [2.24, 2.45) is 0 Å². The Morgan fingerprint density at radius 2 is 2.62 bits per heavy atom. The molecule has 2 fully saturated rings. The Hall–Kier alpha value is -0.180. The maximum absolute atomic E-state index is 10.6. The van der Waals surface area contributed by atoms with E-state index in [1.807, 2.05) is 16.7 Å². The molecule has 0 aromatic rings. The third-order valence-electron chi connectivity index (χ3n) is 1.71. The second-order valence-electron chi connectivity index (χ2n) is 2.22. The van der Waals surface area contributed by atoms with E-state index in [0.29, 0.717) is 11.9 Å². The van der Waals surface area contributed by atoms with Crippen molar-refractivity contribution in [1.82, 2.24) is 4.90 Å². The van der Waals surface area contributed by atoms with Crippen LogP contribution in [0.1, 0.15) is 6.42 Å². The first-order valence-electron chi connectivity index (χ1n) is 2.75. The predicted molar refractivity (Wildman–Crippen MR) is 32.6 cm³/mol. The molecule has 0 radical (unpaired) electrons. The maximum atomic E-state index is 10.6. The van der Waals surface area contributed by atoms with Crippen molar-refractivity contribution in [2.45, 2.75) is 12.5 Å². The Morgan fingerprint density at radius 1 is 1.75 bits per heavy atom. The zero-order valence-electron chi connectivity index (χ0n) is 4.46. The summed E-state index contributed by atoms with van der Waals surface area (Å²) in [6.07, 6.45) is 0.812. The highest BCUT2D eigenvalue weighted by molar-refractivity contribution is 7.99. The zero-order valence-corrected chi connectivity index (χ0v) is 5.28. The number of nitrogens with zero attached hydrogens (tertiary/aromatic N) is 1. The van der Waals surface area contributed by atoms with Gasteiger partial charge in [0.15, 0.2) is 0 Å². The predicted octanol–water partition coefficient (Wildman–Crippen LogP) is 0.292. The minimum absolute atomic E-state index is 0.347. The van der Waals surface area contributed by atoms with E-state index in [1.54, 1.807) is 0 Å². The SMILES string of the molecule is O=C1CC2CSCN12. The first-order chi connectivity index (χ1) is 3.88. The summed E-state index contributed by atoms with van der Waals surface area (Å²) < 4.78 is 0. The largest absolute Gasteiger partial charge is 0.329 e. The molecule has 8 heavy (non-hydrogen) atoms. The van der Waals surface area contributed by atoms with Crippen LogP contribution in [0.15, 0.2) is 0 Å². The van der Waals surface area contributed by atoms with Crippen LogP contribution >= 0.6 is 11.8 Å². The molecule has 44 valence electrons. The number of carbonyl (C=O) groups is 1. The molecule has 0 spiro atoms. The van der Waals surface area contributed by atoms with E-state index < -0.39 is 0 Å². The lowest BCUT2D eigenvalue weighted by Crippen LogP contribution is -2.49. The van der Waals surface area contributed by atoms with E-state index in [9.17, 15) is 4.79 Å². The highest BCUT2D eigenvalue weighted by Crippen LogP contribution is 2.31. The molecule has 2 aliphatic rings. The number of β-lactam (4-membered cyclic amide) rings is 1. The fraction of sp³-hybridized carbons (Fsp3) is 0.800. The molecule has 0 aliphatic carbocycles. The molecule has 1 unspecified atom stereocenters. The maximum Gasteiger partial charge on any atom is 0.225 e. The third-order valence-corrected chi connectivity index (χ3v) is 2.79. The molecule has 1 amide bonds. The van der Waals surface area contributed by atoms with Gasteiger partial charge in [0.1, 0.15) is 0 Å². The van der Waals surface area contributed by atoms with E-state index in [-0.39, 0.29) is 0 Å². The fourth-order valence-corrected chi connectivity index (χ4v) is 2.36. The Balaban J connectivity index is 2.11. The minimum Gasteiger partial charge on any atom is -0.329 e. The first kappa shape index (κ1) is 4.68. The standard InChI is InChI=1S/C5H7NOS/c7-5-1-4-2-8-3-6(4)5/h4H,1-3H2. The van der Waals surface area contributed by atoms with Crippen LogP contribution < -0.4 is 0 Å². The number of rotatable bonds is 0. The molecule has 2 rings (SSSR count). The minimum atomic E-state index is 0.347. The summed E-state index contributed by atoms with van der Waals surface area (Å²) in [7, 11) is 0. The number of thioether (sulfide) groups is 1. The third kappa shape index (κ3) is 0.426. The number of amides is 1. The van der Waals surface area contributed by atoms with Crippen molar-refractivity contribution >= 4 is 17.7 Å². The lowest BCUT2D eigenvalue weighted by Gasteiger charge is -2.32. The smallest absolute Gasteiger partial charge is 0.225 e. The first-order valence-corrected chi connectivity index (χ1v) is 3.90. The number of hydrogen-bond acceptors (Lipinski definition) is 2. The van der Waals surface area contributed by atoms with Crippen LogP contribution in [0.3, 0.4) is 0 Å². The van der Waals surface area contributed by atoms with Crippen LogP contribution in [-0.4, -0.2) is 28.5 Å². The van der Waals surface area contributed by atoms with Crippen LogP contribution in [0.2, 0.25) is 0 Å². The summed E-state index contributed by atoms with van der Waals surface area (Å²) in [6.45, 7) is 0. The van der Waals surface area contributed by atoms with Gasteiger partial charge in [-0.05, 0) is 0 Å². The molecule has 0 bridgehead atoms. The van der Waals surface area contributed by atoms with Crippen molar-refractivity contribution in [1.29, 1.82) is 0 Å². The van der Waals surface area contributed by atoms with Gasteiger partial charge in [-0.25, -0.2) is 0 Å². The van der Waals surface area contributed by atoms with E-state index >= 15 is 0 Å². The van der Waals surface area contributed by atoms with Gasteiger partial charge in [0.05, 0.1) is 11.9 Å². The van der Waals surface area contributed by atoms with Gasteiger partial charge in [0.2, 0.25) is 5.91 Å². The van der Waals surface area contributed by atoms with Gasteiger partial charge in [-0.1, -0.05) is 0 Å². The second kappa shape index (κ2) is 1.41. The molecule has 0 N–H and O–H groups in total. The zero-order chi connectivity index (χ0) is 5.56. The number of hydrogen-bond donors (Lipinski definition) is 0. The van der Waals surface area contributed by atoms with Crippen molar-refractivity contribution < 1.29 is 4.79 Å². The Bertz CT molecular complexity index is 136. The molecule has 0 saturated carbocycles. The van der Waals surface area contributed by atoms with Crippen molar-refractivity contribution in [3.8, 4) is 0 Å². The average Bonchev–Trinajstić information content (AvgIpc) is 2.09. The van der Waals surface area contributed by atoms with Crippen LogP contribution in [0.4, 0.5) is 0 Å². The normalized spacial score (nSPS) is 34.8. The molecule has 0 aromatic heterocycles. The lowest BCUT2D eigenvalue weighted by molar-refractivity contribution is -0.142. The highest BCUT2D eigenvalue weighted by atomic mass is 32.2. The van der Waals surface area contributed by atoms with Crippen molar-refractivity contribution in [2.75, 3.05) is 11.6 Å². The summed E-state index contributed by atoms with van der Waals surface area (Å²) >= 11 is 1.86. The second-order valence-corrected chi connectivity index (χ2v) is 3.22. The van der Waals surface area contributed by atoms with Crippen LogP contribution in [0.25, 0.3) is 0 Å². The van der Waals surface area contributed by atoms with Gasteiger partial charge in [0.25, 0.3) is 0 Å². The topological polar surface area (TPSA) is 20.3 Å². The van der Waals surface area contributed by atoms with Crippen molar-refractivity contribution in [3.05, 3.63) is 0 Å². The van der Waals surface area contributed by atoms with Gasteiger partial charge in [-0.15, -0.1) is 11.8 Å². The van der Waals surface area contributed by atoms with Gasteiger partial charge in [0, 0.05) is 12.2 Å². The van der Waals surface area contributed by atoms with E-state index in [2.05, 4.69) is 0 Å². The highest BCUT2D eigenvalue weighted by Gasteiger charge is 2.39. The molecule has 2 saturated heterocycles. The Labute approximate surface area is 52.2 Å². The summed E-state index contributed by atoms with van der Waals surface area (Å²) in [6, 6.07) is 0.618. The molecule has 0 aromatic carbocycles. The van der Waals surface area contributed by atoms with Crippen LogP contribution in [-0.2, 0) is 4.79 Å². The molecule has 2 aliphatic heterocycles. The Kier molecular flexibility index (Phi) is 0.821. The van der Waals surface area contributed by atoms with E-state index in [4.69, 9.17) is 0 Å². The summed E-state index contributed by atoms with van der Waals surface area (Å²) in [4.78, 5) is 12.6. The quantitative estimate of drug-likeness (QED) is 0.438. The van der Waals surface area contributed by atoms with Gasteiger partial charge >= 0.3 is 0 Å². The molecular weight excluding hydrogens is 122 g/mol. The van der Waals surface area contributed by atoms with Gasteiger partial charge in [-0.2, -0.15) is 0 Å². The average molecular weight is 129 g/mol. The molecule has 2 heterocycles.